The molecule has 0 amide bonds. The molecular weight excluding hydrogens is 877 g/mol. The zero-order chi connectivity index (χ0) is 51.4. The Kier molecular flexibility index (Phi) is 56.8. The van der Waals surface area contributed by atoms with E-state index in [1.807, 2.05) is 0 Å². The topological polar surface area (TPSA) is 78.9 Å². The number of allylic oxidation sites excluding steroid dienone is 12. The normalized spacial score (nSPS) is 12.5. The molecule has 6 heteroatoms. The average Bonchev–Trinajstić information content (AvgIpc) is 3.37. The number of unbranched alkanes of at least 4 members (excludes halogenated alkanes) is 32. The third-order valence-electron chi connectivity index (χ3n) is 13.2. The summed E-state index contributed by atoms with van der Waals surface area (Å²) in [5.41, 5.74) is 0. The van der Waals surface area contributed by atoms with Crippen molar-refractivity contribution < 1.29 is 28.6 Å². The fraction of sp³-hybridized carbons (Fsp3) is 0.769. The van der Waals surface area contributed by atoms with Crippen molar-refractivity contribution >= 4 is 17.9 Å². The van der Waals surface area contributed by atoms with Crippen molar-refractivity contribution in [1.82, 2.24) is 0 Å². The standard InChI is InChI=1S/C65H114O6/c1-4-7-10-13-16-19-22-25-28-30-32-34-37-40-43-46-49-52-55-58-64(67)70-61-62(60-69-63(66)57-54-51-48-45-42-39-36-27-24-21-18-15-12-9-6-3)71-65(68)59-56-53-50-47-44-41-38-35-33-31-29-26-23-20-17-14-11-8-5-2/h9,12,16,18-19,21,25-29,36,62H,4-8,10-11,13-15,17,20,22-24,30-35,37-61H2,1-3H3/b12-9-,19-16-,21-18-,28-25-,29-26-,36-27-. The van der Waals surface area contributed by atoms with Crippen LogP contribution in [-0.4, -0.2) is 37.2 Å². The first kappa shape index (κ1) is 67.8. The van der Waals surface area contributed by atoms with Gasteiger partial charge >= 0.3 is 17.9 Å². The van der Waals surface area contributed by atoms with E-state index >= 15 is 0 Å². The minimum atomic E-state index is -0.786. The van der Waals surface area contributed by atoms with Crippen molar-refractivity contribution in [2.75, 3.05) is 13.2 Å². The first-order chi connectivity index (χ1) is 35.0. The third kappa shape index (κ3) is 57.6. The molecule has 0 saturated heterocycles. The molecule has 0 heterocycles. The smallest absolute Gasteiger partial charge is 0.306 e. The zero-order valence-corrected chi connectivity index (χ0v) is 47.0. The molecule has 0 aromatic carbocycles. The van der Waals surface area contributed by atoms with Gasteiger partial charge in [0.1, 0.15) is 13.2 Å². The van der Waals surface area contributed by atoms with Gasteiger partial charge in [-0.3, -0.25) is 14.4 Å². The Morgan fingerprint density at radius 2 is 0.549 bits per heavy atom. The van der Waals surface area contributed by atoms with Gasteiger partial charge < -0.3 is 14.2 Å². The average molecular weight is 992 g/mol. The molecule has 0 saturated carbocycles. The number of esters is 3. The van der Waals surface area contributed by atoms with Crippen LogP contribution in [0.1, 0.15) is 303 Å². The van der Waals surface area contributed by atoms with Gasteiger partial charge in [0.05, 0.1) is 0 Å². The Balaban J connectivity index is 4.38. The quantitative estimate of drug-likeness (QED) is 0.0261. The highest BCUT2D eigenvalue weighted by molar-refractivity contribution is 5.71. The molecule has 71 heavy (non-hydrogen) atoms. The molecule has 0 radical (unpaired) electrons. The highest BCUT2D eigenvalue weighted by Crippen LogP contribution is 2.16. The van der Waals surface area contributed by atoms with Gasteiger partial charge in [0.2, 0.25) is 0 Å². The van der Waals surface area contributed by atoms with Crippen molar-refractivity contribution in [1.29, 1.82) is 0 Å². The lowest BCUT2D eigenvalue weighted by atomic mass is 10.1. The van der Waals surface area contributed by atoms with Gasteiger partial charge in [-0.1, -0.05) is 248 Å². The van der Waals surface area contributed by atoms with Crippen molar-refractivity contribution in [3.63, 3.8) is 0 Å². The number of ether oxygens (including phenoxy) is 3. The molecule has 0 aromatic rings. The predicted molar refractivity (Wildman–Crippen MR) is 307 cm³/mol. The Morgan fingerprint density at radius 1 is 0.296 bits per heavy atom. The summed E-state index contributed by atoms with van der Waals surface area (Å²) in [4.78, 5) is 38.3. The molecule has 410 valence electrons. The summed E-state index contributed by atoms with van der Waals surface area (Å²) in [5.74, 6) is -0.895. The second-order valence-corrected chi connectivity index (χ2v) is 20.2. The molecule has 0 spiro atoms. The van der Waals surface area contributed by atoms with E-state index in [-0.39, 0.29) is 31.1 Å². The second kappa shape index (κ2) is 59.4. The molecule has 0 aromatic heterocycles. The van der Waals surface area contributed by atoms with E-state index < -0.39 is 6.10 Å². The summed E-state index contributed by atoms with van der Waals surface area (Å²) in [6.45, 7) is 6.51. The van der Waals surface area contributed by atoms with Crippen LogP contribution in [0.5, 0.6) is 0 Å². The predicted octanol–water partition coefficient (Wildman–Crippen LogP) is 20.5. The van der Waals surface area contributed by atoms with Gasteiger partial charge in [0.15, 0.2) is 6.10 Å². The van der Waals surface area contributed by atoms with E-state index in [9.17, 15) is 14.4 Å². The maximum atomic E-state index is 12.9. The summed E-state index contributed by atoms with van der Waals surface area (Å²) < 4.78 is 16.9. The molecule has 0 aliphatic rings. The number of carbonyl (C=O) groups is 3. The number of rotatable bonds is 55. The van der Waals surface area contributed by atoms with Crippen molar-refractivity contribution in [3.05, 3.63) is 72.9 Å². The van der Waals surface area contributed by atoms with E-state index in [4.69, 9.17) is 14.2 Å². The van der Waals surface area contributed by atoms with Gasteiger partial charge in [0.25, 0.3) is 0 Å². The maximum absolute atomic E-state index is 12.9. The van der Waals surface area contributed by atoms with Crippen molar-refractivity contribution in [2.24, 2.45) is 0 Å². The lowest BCUT2D eigenvalue weighted by molar-refractivity contribution is -0.167. The third-order valence-corrected chi connectivity index (χ3v) is 13.2. The Bertz CT molecular complexity index is 1320. The molecule has 0 aliphatic carbocycles. The van der Waals surface area contributed by atoms with Crippen molar-refractivity contribution in [2.45, 2.75) is 309 Å². The largest absolute Gasteiger partial charge is 0.462 e. The summed E-state index contributed by atoms with van der Waals surface area (Å²) in [5, 5.41) is 0. The summed E-state index contributed by atoms with van der Waals surface area (Å²) in [7, 11) is 0. The van der Waals surface area contributed by atoms with E-state index in [2.05, 4.69) is 93.7 Å². The fourth-order valence-electron chi connectivity index (χ4n) is 8.60. The number of hydrogen-bond donors (Lipinski definition) is 0. The number of carbonyl (C=O) groups excluding carboxylic acids is 3. The highest BCUT2D eigenvalue weighted by Gasteiger charge is 2.19. The Labute approximate surface area is 440 Å². The SMILES string of the molecule is CC/C=C\C/C=C\C/C=C\CCCCCCCC(=O)OCC(COC(=O)CCCCCCCCCCC/C=C\C/C=C\CCCCC)OC(=O)CCCCCCCCCCC/C=C\CCCCCCCC. The monoisotopic (exact) mass is 991 g/mol. The molecule has 1 atom stereocenters. The van der Waals surface area contributed by atoms with E-state index in [1.165, 1.54) is 161 Å². The van der Waals surface area contributed by atoms with Crippen LogP contribution in [0.15, 0.2) is 72.9 Å². The molecule has 1 unspecified atom stereocenters. The highest BCUT2D eigenvalue weighted by atomic mass is 16.6. The molecule has 0 bridgehead atoms. The van der Waals surface area contributed by atoms with Crippen molar-refractivity contribution in [3.8, 4) is 0 Å². The molecule has 6 nitrogen and oxygen atoms in total. The van der Waals surface area contributed by atoms with Crippen LogP contribution in [0.3, 0.4) is 0 Å². The van der Waals surface area contributed by atoms with Crippen LogP contribution in [0, 0.1) is 0 Å². The molecule has 0 aliphatic heterocycles. The van der Waals surface area contributed by atoms with Crippen LogP contribution in [0.4, 0.5) is 0 Å². The molecule has 0 rings (SSSR count). The molecule has 0 N–H and O–H groups in total. The van der Waals surface area contributed by atoms with Gasteiger partial charge in [-0.25, -0.2) is 0 Å². The van der Waals surface area contributed by atoms with Gasteiger partial charge in [-0.15, -0.1) is 0 Å². The minimum absolute atomic E-state index is 0.0830. The van der Waals surface area contributed by atoms with Crippen LogP contribution >= 0.6 is 0 Å². The summed E-state index contributed by atoms with van der Waals surface area (Å²) in [6, 6.07) is 0. The molecule has 0 fully saturated rings. The lowest BCUT2D eigenvalue weighted by Gasteiger charge is -2.18. The van der Waals surface area contributed by atoms with E-state index in [0.717, 1.165) is 103 Å². The van der Waals surface area contributed by atoms with Gasteiger partial charge in [-0.05, 0) is 109 Å². The van der Waals surface area contributed by atoms with Gasteiger partial charge in [0, 0.05) is 19.3 Å². The first-order valence-electron chi connectivity index (χ1n) is 30.4. The van der Waals surface area contributed by atoms with Crippen LogP contribution in [-0.2, 0) is 28.6 Å². The fourth-order valence-corrected chi connectivity index (χ4v) is 8.60. The van der Waals surface area contributed by atoms with E-state index in [1.54, 1.807) is 0 Å². The summed E-state index contributed by atoms with van der Waals surface area (Å²) >= 11 is 0. The Morgan fingerprint density at radius 3 is 0.901 bits per heavy atom. The summed E-state index contributed by atoms with van der Waals surface area (Å²) in [6.07, 6.45) is 76.1. The van der Waals surface area contributed by atoms with Crippen LogP contribution in [0.25, 0.3) is 0 Å². The minimum Gasteiger partial charge on any atom is -0.462 e. The Hall–Kier alpha value is -3.15. The first-order valence-corrected chi connectivity index (χ1v) is 30.4. The maximum Gasteiger partial charge on any atom is 0.306 e. The van der Waals surface area contributed by atoms with Crippen LogP contribution < -0.4 is 0 Å². The van der Waals surface area contributed by atoms with E-state index in [0.29, 0.717) is 19.3 Å². The van der Waals surface area contributed by atoms with Gasteiger partial charge in [-0.2, -0.15) is 0 Å². The second-order valence-electron chi connectivity index (χ2n) is 20.2. The zero-order valence-electron chi connectivity index (χ0n) is 47.0. The number of hydrogen-bond acceptors (Lipinski definition) is 6. The molecular formula is C65H114O6. The van der Waals surface area contributed by atoms with Crippen LogP contribution in [0.2, 0.25) is 0 Å². The lowest BCUT2D eigenvalue weighted by Crippen LogP contribution is -2.30.